The molecule has 0 saturated carbocycles. The van der Waals surface area contributed by atoms with E-state index in [9.17, 15) is 23.1 Å². The molecule has 2 fully saturated rings. The van der Waals surface area contributed by atoms with Crippen LogP contribution in [0.5, 0.6) is 0 Å². The van der Waals surface area contributed by atoms with Crippen molar-refractivity contribution in [3.63, 3.8) is 0 Å². The molecule has 2 bridgehead atoms. The summed E-state index contributed by atoms with van der Waals surface area (Å²) in [7, 11) is 1.95. The molecule has 0 aliphatic carbocycles. The predicted molar refractivity (Wildman–Crippen MR) is 133 cm³/mol. The zero-order valence-electron chi connectivity index (χ0n) is 20.3. The maximum atomic E-state index is 14.8. The Kier molecular flexibility index (Phi) is 6.65. The van der Waals surface area contributed by atoms with E-state index < -0.39 is 29.1 Å². The van der Waals surface area contributed by atoms with Crippen LogP contribution in [0.4, 0.5) is 23.7 Å². The Bertz CT molecular complexity index is 1280. The number of urea groups is 1. The van der Waals surface area contributed by atoms with Crippen molar-refractivity contribution < 1.29 is 23.1 Å². The van der Waals surface area contributed by atoms with E-state index in [1.807, 2.05) is 7.05 Å². The van der Waals surface area contributed by atoms with Gasteiger partial charge in [-0.1, -0.05) is 24.3 Å². The number of benzene rings is 2. The summed E-state index contributed by atoms with van der Waals surface area (Å²) >= 11 is 0. The fourth-order valence-electron chi connectivity index (χ4n) is 5.60. The predicted octanol–water partition coefficient (Wildman–Crippen LogP) is 3.54. The van der Waals surface area contributed by atoms with Gasteiger partial charge in [-0.05, 0) is 25.2 Å². The van der Waals surface area contributed by atoms with Crippen molar-refractivity contribution in [2.24, 2.45) is 17.6 Å². The Labute approximate surface area is 212 Å². The zero-order chi connectivity index (χ0) is 26.3. The number of carbonyl (C=O) groups excluding carboxylic acids is 1. The van der Waals surface area contributed by atoms with Crippen LogP contribution in [0.2, 0.25) is 0 Å². The lowest BCUT2D eigenvalue weighted by Gasteiger charge is -2.54. The number of rotatable bonds is 4. The third kappa shape index (κ3) is 4.68. The van der Waals surface area contributed by atoms with Crippen LogP contribution in [0.15, 0.2) is 54.7 Å². The van der Waals surface area contributed by atoms with Crippen molar-refractivity contribution in [2.75, 3.05) is 38.5 Å². The normalized spacial score (nSPS) is 23.7. The third-order valence-electron chi connectivity index (χ3n) is 7.37. The summed E-state index contributed by atoms with van der Waals surface area (Å²) in [6.07, 6.45) is 1.54. The first kappa shape index (κ1) is 25.2. The van der Waals surface area contributed by atoms with E-state index in [1.165, 1.54) is 0 Å². The summed E-state index contributed by atoms with van der Waals surface area (Å²) in [4.78, 5) is 21.2. The summed E-state index contributed by atoms with van der Waals surface area (Å²) in [5, 5.41) is 14.5. The molecule has 3 atom stereocenters. The zero-order valence-corrected chi connectivity index (χ0v) is 20.3. The van der Waals surface area contributed by atoms with Crippen LogP contribution in [0.1, 0.15) is 11.3 Å². The van der Waals surface area contributed by atoms with Gasteiger partial charge in [-0.15, -0.1) is 0 Å². The number of pyridine rings is 1. The van der Waals surface area contributed by atoms with Crippen molar-refractivity contribution in [1.82, 2.24) is 14.8 Å². The Morgan fingerprint density at radius 3 is 2.35 bits per heavy atom. The van der Waals surface area contributed by atoms with E-state index in [0.29, 0.717) is 35.5 Å². The number of aliphatic hydroxyl groups is 1. The first-order chi connectivity index (χ1) is 17.7. The number of carbonyl (C=O) groups is 1. The Morgan fingerprint density at radius 1 is 1.08 bits per heavy atom. The lowest BCUT2D eigenvalue weighted by Crippen LogP contribution is -2.66. The summed E-state index contributed by atoms with van der Waals surface area (Å²) < 4.78 is 41.9. The second-order valence-corrected chi connectivity index (χ2v) is 9.85. The molecule has 2 amide bonds. The van der Waals surface area contributed by atoms with Gasteiger partial charge in [-0.25, -0.2) is 18.0 Å². The van der Waals surface area contributed by atoms with E-state index in [2.05, 4.69) is 15.2 Å². The number of aromatic nitrogens is 1. The van der Waals surface area contributed by atoms with Gasteiger partial charge in [0.2, 0.25) is 0 Å². The van der Waals surface area contributed by atoms with Gasteiger partial charge in [0.25, 0.3) is 0 Å². The van der Waals surface area contributed by atoms with Gasteiger partial charge in [0, 0.05) is 79.2 Å². The molecule has 2 aliphatic heterocycles. The Balaban J connectivity index is 1.39. The van der Waals surface area contributed by atoms with Crippen LogP contribution in [-0.2, 0) is 12.1 Å². The monoisotopic (exact) mass is 511 g/mol. The fourth-order valence-corrected chi connectivity index (χ4v) is 5.60. The molecular weight excluding hydrogens is 483 g/mol. The van der Waals surface area contributed by atoms with E-state index in [4.69, 9.17) is 5.73 Å². The SMILES string of the molecule is CN1C[C@@H]2CN(C(=O)Nc3cc(F)cc(F)c3)C[C@H](C1)[C@]2(O)c1ccc(-c2cccc(CN)c2F)cn1. The van der Waals surface area contributed by atoms with E-state index >= 15 is 0 Å². The highest BCUT2D eigenvalue weighted by Crippen LogP contribution is 2.44. The average Bonchev–Trinajstić information content (AvgIpc) is 2.84. The molecule has 0 radical (unpaired) electrons. The molecule has 3 aromatic rings. The number of anilines is 1. The lowest BCUT2D eigenvalue weighted by atomic mass is 9.68. The summed E-state index contributed by atoms with van der Waals surface area (Å²) in [6.45, 7) is 1.55. The standard InChI is InChI=1S/C27H28F3N5O2/c1-34-12-18-14-35(26(36)33-22-8-20(28)7-21(29)9-22)15-19(13-34)27(18,37)24-6-5-17(11-32-24)23-4-2-3-16(10-31)25(23)30/h2-9,11,18-19,37H,10,12-15,31H2,1H3,(H,33,36)/t18-,19+,27+. The average molecular weight is 512 g/mol. The largest absolute Gasteiger partial charge is 0.383 e. The highest BCUT2D eigenvalue weighted by molar-refractivity contribution is 5.89. The minimum Gasteiger partial charge on any atom is -0.383 e. The van der Waals surface area contributed by atoms with E-state index in [-0.39, 0.29) is 37.2 Å². The second kappa shape index (κ2) is 9.77. The molecule has 37 heavy (non-hydrogen) atoms. The van der Waals surface area contributed by atoms with E-state index in [0.717, 1.165) is 18.2 Å². The Morgan fingerprint density at radius 2 is 1.76 bits per heavy atom. The summed E-state index contributed by atoms with van der Waals surface area (Å²) in [5.41, 5.74) is 6.17. The lowest BCUT2D eigenvalue weighted by molar-refractivity contribution is -0.155. The van der Waals surface area contributed by atoms with Crippen LogP contribution in [0.25, 0.3) is 11.1 Å². The number of nitrogens with one attached hydrogen (secondary N) is 1. The van der Waals surface area contributed by atoms with Crippen molar-refractivity contribution in [2.45, 2.75) is 12.1 Å². The number of fused-ring (bicyclic) bond motifs is 2. The van der Waals surface area contributed by atoms with Gasteiger partial charge < -0.3 is 26.0 Å². The maximum Gasteiger partial charge on any atom is 0.321 e. The maximum absolute atomic E-state index is 14.8. The number of hydrogen-bond acceptors (Lipinski definition) is 5. The molecule has 2 aromatic carbocycles. The smallest absolute Gasteiger partial charge is 0.321 e. The molecule has 0 spiro atoms. The van der Waals surface area contributed by atoms with Crippen LogP contribution in [-0.4, -0.2) is 59.1 Å². The summed E-state index contributed by atoms with van der Waals surface area (Å²) in [5.74, 6) is -2.70. The minimum absolute atomic E-state index is 0.0220. The molecule has 10 heteroatoms. The van der Waals surface area contributed by atoms with Gasteiger partial charge >= 0.3 is 6.03 Å². The van der Waals surface area contributed by atoms with Gasteiger partial charge in [0.05, 0.1) is 5.69 Å². The molecule has 194 valence electrons. The minimum atomic E-state index is -1.30. The topological polar surface area (TPSA) is 94.7 Å². The van der Waals surface area contributed by atoms with Crippen LogP contribution in [0, 0.1) is 29.3 Å². The first-order valence-corrected chi connectivity index (χ1v) is 12.1. The molecule has 0 unspecified atom stereocenters. The molecule has 2 aliphatic rings. The third-order valence-corrected chi connectivity index (χ3v) is 7.37. The first-order valence-electron chi connectivity index (χ1n) is 12.1. The molecule has 3 heterocycles. The quantitative estimate of drug-likeness (QED) is 0.498. The number of nitrogens with two attached hydrogens (primary N) is 1. The highest BCUT2D eigenvalue weighted by Gasteiger charge is 2.54. The van der Waals surface area contributed by atoms with Crippen LogP contribution >= 0.6 is 0 Å². The molecule has 2 saturated heterocycles. The molecule has 7 nitrogen and oxygen atoms in total. The number of hydrogen-bond donors (Lipinski definition) is 3. The number of nitrogens with zero attached hydrogens (tertiary/aromatic N) is 3. The second-order valence-electron chi connectivity index (χ2n) is 9.85. The number of likely N-dealkylation sites (tertiary alicyclic amines) is 2. The van der Waals surface area contributed by atoms with Gasteiger partial charge in [0.1, 0.15) is 23.1 Å². The fraction of sp³-hybridized carbons (Fsp3) is 0.333. The Hall–Kier alpha value is -3.47. The van der Waals surface area contributed by atoms with Gasteiger partial charge in [-0.3, -0.25) is 4.98 Å². The van der Waals surface area contributed by atoms with Crippen molar-refractivity contribution in [1.29, 1.82) is 0 Å². The van der Waals surface area contributed by atoms with Crippen LogP contribution in [0.3, 0.4) is 0 Å². The molecule has 1 aromatic heterocycles. The van der Waals surface area contributed by atoms with Gasteiger partial charge in [-0.2, -0.15) is 0 Å². The van der Waals surface area contributed by atoms with E-state index in [1.54, 1.807) is 41.4 Å². The highest BCUT2D eigenvalue weighted by atomic mass is 19.1. The number of halogens is 3. The molecular formula is C27H28F3N5O2. The van der Waals surface area contributed by atoms with Crippen LogP contribution < -0.4 is 11.1 Å². The summed E-state index contributed by atoms with van der Waals surface area (Å²) in [6, 6.07) is 10.8. The van der Waals surface area contributed by atoms with Gasteiger partial charge in [0.15, 0.2) is 0 Å². The van der Waals surface area contributed by atoms with Crippen molar-refractivity contribution in [3.8, 4) is 11.1 Å². The number of piperidine rings is 2. The van der Waals surface area contributed by atoms with Crippen molar-refractivity contribution >= 4 is 11.7 Å². The number of amides is 2. The molecule has 5 rings (SSSR count). The molecule has 4 N–H and O–H groups in total. The van der Waals surface area contributed by atoms with Crippen molar-refractivity contribution in [3.05, 3.63) is 83.4 Å².